The van der Waals surface area contributed by atoms with Gasteiger partial charge in [-0.2, -0.15) is 0 Å². The Labute approximate surface area is 81.7 Å². The molecular weight excluding hydrogens is 183 g/mol. The molecule has 0 aromatic heterocycles. The summed E-state index contributed by atoms with van der Waals surface area (Å²) in [4.78, 5) is 10.0. The van der Waals surface area contributed by atoms with E-state index in [0.717, 1.165) is 0 Å². The van der Waals surface area contributed by atoms with E-state index in [1.165, 1.54) is 13.2 Å². The number of carbonyl (C=O) groups excluding carboxylic acids is 1. The largest absolute Gasteiger partial charge is 0.495 e. The fourth-order valence-electron chi connectivity index (χ4n) is 0.977. The summed E-state index contributed by atoms with van der Waals surface area (Å²) < 4.78 is 18.1. The standard InChI is InChI=1S/C11H9FO2/c1-14-11-7-4-6-10(12)9(11)5-2-3-8-13/h4,6-8H,3H2,1H3. The van der Waals surface area contributed by atoms with Crippen molar-refractivity contribution in [3.05, 3.63) is 29.6 Å². The molecular formula is C11H9FO2. The van der Waals surface area contributed by atoms with Crippen LogP contribution in [0.25, 0.3) is 0 Å². The number of halogens is 1. The van der Waals surface area contributed by atoms with Gasteiger partial charge in [-0.25, -0.2) is 4.39 Å². The summed E-state index contributed by atoms with van der Waals surface area (Å²) in [6.07, 6.45) is 0.762. The number of methoxy groups -OCH3 is 1. The highest BCUT2D eigenvalue weighted by Gasteiger charge is 2.04. The van der Waals surface area contributed by atoms with Gasteiger partial charge in [-0.05, 0) is 12.1 Å². The summed E-state index contributed by atoms with van der Waals surface area (Å²) in [5.74, 6) is 5.02. The van der Waals surface area contributed by atoms with Gasteiger partial charge < -0.3 is 9.53 Å². The predicted octanol–water partition coefficient (Wildman–Crippen LogP) is 1.77. The van der Waals surface area contributed by atoms with E-state index in [1.54, 1.807) is 12.1 Å². The van der Waals surface area contributed by atoms with Gasteiger partial charge in [-0.3, -0.25) is 0 Å². The second-order valence-electron chi connectivity index (χ2n) is 2.49. The van der Waals surface area contributed by atoms with Crippen LogP contribution in [0.5, 0.6) is 5.75 Å². The van der Waals surface area contributed by atoms with Crippen molar-refractivity contribution in [2.24, 2.45) is 0 Å². The van der Waals surface area contributed by atoms with Crippen LogP contribution >= 0.6 is 0 Å². The minimum absolute atomic E-state index is 0.0947. The van der Waals surface area contributed by atoms with Crippen LogP contribution in [0.3, 0.4) is 0 Å². The third-order valence-corrected chi connectivity index (χ3v) is 1.59. The predicted molar refractivity (Wildman–Crippen MR) is 50.5 cm³/mol. The first-order chi connectivity index (χ1) is 6.79. The summed E-state index contributed by atoms with van der Waals surface area (Å²) in [5, 5.41) is 0. The molecule has 0 saturated carbocycles. The molecule has 0 saturated heterocycles. The summed E-state index contributed by atoms with van der Waals surface area (Å²) in [7, 11) is 1.44. The fourth-order valence-corrected chi connectivity index (χ4v) is 0.977. The Morgan fingerprint density at radius 2 is 2.36 bits per heavy atom. The minimum atomic E-state index is -0.442. The highest BCUT2D eigenvalue weighted by Crippen LogP contribution is 2.19. The molecule has 0 aliphatic carbocycles. The lowest BCUT2D eigenvalue weighted by atomic mass is 10.2. The third-order valence-electron chi connectivity index (χ3n) is 1.59. The van der Waals surface area contributed by atoms with Gasteiger partial charge in [0.25, 0.3) is 0 Å². The Kier molecular flexibility index (Phi) is 3.69. The normalized spacial score (nSPS) is 8.71. The van der Waals surface area contributed by atoms with Gasteiger partial charge >= 0.3 is 0 Å². The third kappa shape index (κ3) is 2.33. The van der Waals surface area contributed by atoms with Crippen molar-refractivity contribution < 1.29 is 13.9 Å². The van der Waals surface area contributed by atoms with E-state index in [9.17, 15) is 9.18 Å². The molecule has 0 aliphatic heterocycles. The first-order valence-corrected chi connectivity index (χ1v) is 4.04. The number of hydrogen-bond acceptors (Lipinski definition) is 2. The second-order valence-corrected chi connectivity index (χ2v) is 2.49. The fraction of sp³-hybridized carbons (Fsp3) is 0.182. The van der Waals surface area contributed by atoms with E-state index < -0.39 is 5.82 Å². The van der Waals surface area contributed by atoms with Crippen molar-refractivity contribution in [3.8, 4) is 17.6 Å². The maximum absolute atomic E-state index is 13.2. The second kappa shape index (κ2) is 5.03. The molecule has 0 bridgehead atoms. The van der Waals surface area contributed by atoms with Crippen molar-refractivity contribution >= 4 is 6.29 Å². The van der Waals surface area contributed by atoms with Crippen LogP contribution in [0.15, 0.2) is 18.2 Å². The van der Waals surface area contributed by atoms with E-state index in [-0.39, 0.29) is 12.0 Å². The van der Waals surface area contributed by atoms with Gasteiger partial charge in [0.2, 0.25) is 0 Å². The number of ether oxygens (including phenoxy) is 1. The van der Waals surface area contributed by atoms with E-state index in [4.69, 9.17) is 4.74 Å². The van der Waals surface area contributed by atoms with Gasteiger partial charge in [0.1, 0.15) is 23.4 Å². The molecule has 3 heteroatoms. The lowest BCUT2D eigenvalue weighted by Crippen LogP contribution is -1.91. The maximum Gasteiger partial charge on any atom is 0.142 e. The summed E-state index contributed by atoms with van der Waals surface area (Å²) in [6, 6.07) is 4.46. The summed E-state index contributed by atoms with van der Waals surface area (Å²) in [6.45, 7) is 0. The SMILES string of the molecule is COc1cccc(F)c1C#CCC=O. The number of carbonyl (C=O) groups is 1. The van der Waals surface area contributed by atoms with Crippen LogP contribution in [0.1, 0.15) is 12.0 Å². The van der Waals surface area contributed by atoms with Crippen molar-refractivity contribution in [2.75, 3.05) is 7.11 Å². The zero-order valence-electron chi connectivity index (χ0n) is 7.71. The molecule has 0 N–H and O–H groups in total. The first-order valence-electron chi connectivity index (χ1n) is 4.04. The maximum atomic E-state index is 13.2. The average Bonchev–Trinajstić information content (AvgIpc) is 2.20. The number of rotatable bonds is 2. The average molecular weight is 192 g/mol. The van der Waals surface area contributed by atoms with Crippen LogP contribution in [-0.2, 0) is 4.79 Å². The molecule has 0 spiro atoms. The van der Waals surface area contributed by atoms with Crippen molar-refractivity contribution in [1.29, 1.82) is 0 Å². The van der Waals surface area contributed by atoms with Crippen LogP contribution in [0.4, 0.5) is 4.39 Å². The Hall–Kier alpha value is -1.82. The highest BCUT2D eigenvalue weighted by atomic mass is 19.1. The topological polar surface area (TPSA) is 26.3 Å². The highest BCUT2D eigenvalue weighted by molar-refractivity contribution is 5.56. The Balaban J connectivity index is 3.06. The Morgan fingerprint density at radius 3 is 3.00 bits per heavy atom. The quantitative estimate of drug-likeness (QED) is 0.527. The van der Waals surface area contributed by atoms with Crippen LogP contribution < -0.4 is 4.74 Å². The van der Waals surface area contributed by atoms with Crippen LogP contribution in [-0.4, -0.2) is 13.4 Å². The van der Waals surface area contributed by atoms with Gasteiger partial charge in [0.05, 0.1) is 13.5 Å². The smallest absolute Gasteiger partial charge is 0.142 e. The molecule has 14 heavy (non-hydrogen) atoms. The summed E-state index contributed by atoms with van der Waals surface area (Å²) >= 11 is 0. The van der Waals surface area contributed by atoms with Gasteiger partial charge in [0.15, 0.2) is 0 Å². The zero-order valence-corrected chi connectivity index (χ0v) is 7.71. The Bertz CT molecular complexity index is 388. The van der Waals surface area contributed by atoms with Gasteiger partial charge in [-0.1, -0.05) is 17.9 Å². The Morgan fingerprint density at radius 1 is 1.57 bits per heavy atom. The van der Waals surface area contributed by atoms with Crippen LogP contribution in [0.2, 0.25) is 0 Å². The minimum Gasteiger partial charge on any atom is -0.495 e. The zero-order chi connectivity index (χ0) is 10.4. The molecule has 0 aliphatic rings. The van der Waals surface area contributed by atoms with E-state index >= 15 is 0 Å². The van der Waals surface area contributed by atoms with E-state index in [2.05, 4.69) is 11.8 Å². The van der Waals surface area contributed by atoms with Crippen molar-refractivity contribution in [1.82, 2.24) is 0 Å². The molecule has 0 atom stereocenters. The molecule has 0 unspecified atom stereocenters. The van der Waals surface area contributed by atoms with Gasteiger partial charge in [-0.15, -0.1) is 0 Å². The molecule has 0 heterocycles. The monoisotopic (exact) mass is 192 g/mol. The molecule has 0 amide bonds. The summed E-state index contributed by atoms with van der Waals surface area (Å²) in [5.41, 5.74) is 0.192. The first kappa shape index (κ1) is 10.3. The van der Waals surface area contributed by atoms with E-state index in [1.807, 2.05) is 0 Å². The van der Waals surface area contributed by atoms with Crippen molar-refractivity contribution in [2.45, 2.75) is 6.42 Å². The molecule has 72 valence electrons. The lowest BCUT2D eigenvalue weighted by molar-refractivity contribution is -0.107. The molecule has 0 radical (unpaired) electrons. The number of benzene rings is 1. The molecule has 0 fully saturated rings. The molecule has 2 nitrogen and oxygen atoms in total. The van der Waals surface area contributed by atoms with E-state index in [0.29, 0.717) is 12.0 Å². The van der Waals surface area contributed by atoms with Gasteiger partial charge in [0, 0.05) is 0 Å². The van der Waals surface area contributed by atoms with Crippen LogP contribution in [0, 0.1) is 17.7 Å². The lowest BCUT2D eigenvalue weighted by Gasteiger charge is -2.02. The number of aldehydes is 1. The van der Waals surface area contributed by atoms with Crippen molar-refractivity contribution in [3.63, 3.8) is 0 Å². The molecule has 1 rings (SSSR count). The molecule has 1 aromatic rings. The number of hydrogen-bond donors (Lipinski definition) is 0. The molecule has 1 aromatic carbocycles.